The van der Waals surface area contributed by atoms with Gasteiger partial charge in [0.25, 0.3) is 5.91 Å². The molecular formula is C17H20N2O2S. The van der Waals surface area contributed by atoms with Gasteiger partial charge in [-0.2, -0.15) is 0 Å². The molecule has 1 aliphatic rings. The minimum atomic E-state index is -0.0534. The lowest BCUT2D eigenvalue weighted by atomic mass is 10.1. The van der Waals surface area contributed by atoms with Crippen molar-refractivity contribution < 1.29 is 9.53 Å². The molecule has 1 saturated heterocycles. The molecule has 1 aliphatic heterocycles. The van der Waals surface area contributed by atoms with Crippen LogP contribution in [0.3, 0.4) is 0 Å². The largest absolute Gasteiger partial charge is 0.376 e. The van der Waals surface area contributed by atoms with Crippen LogP contribution in [0.15, 0.2) is 24.3 Å². The number of amides is 1. The van der Waals surface area contributed by atoms with Crippen LogP contribution in [0.1, 0.15) is 33.8 Å². The summed E-state index contributed by atoms with van der Waals surface area (Å²) in [5, 5.41) is 3.92. The van der Waals surface area contributed by atoms with E-state index in [4.69, 9.17) is 4.74 Å². The molecule has 116 valence electrons. The molecular weight excluding hydrogens is 296 g/mol. The van der Waals surface area contributed by atoms with Crippen LogP contribution in [-0.2, 0) is 4.74 Å². The standard InChI is InChI=1S/C17H20N2O2S/c1-11-12(2)22-17(19-11)14-6-3-5-13(9-14)16(20)18-10-15-7-4-8-21-15/h3,5-6,9,15H,4,7-8,10H2,1-2H3,(H,18,20). The smallest absolute Gasteiger partial charge is 0.251 e. The van der Waals surface area contributed by atoms with Crippen molar-refractivity contribution in [2.45, 2.75) is 32.8 Å². The van der Waals surface area contributed by atoms with Gasteiger partial charge < -0.3 is 10.1 Å². The number of hydrogen-bond acceptors (Lipinski definition) is 4. The van der Waals surface area contributed by atoms with Crippen LogP contribution in [-0.4, -0.2) is 30.1 Å². The zero-order chi connectivity index (χ0) is 15.5. The third kappa shape index (κ3) is 3.36. The van der Waals surface area contributed by atoms with Crippen molar-refractivity contribution in [3.05, 3.63) is 40.4 Å². The predicted octanol–water partition coefficient (Wildman–Crippen LogP) is 3.34. The van der Waals surface area contributed by atoms with Crippen molar-refractivity contribution >= 4 is 17.2 Å². The maximum Gasteiger partial charge on any atom is 0.251 e. The zero-order valence-corrected chi connectivity index (χ0v) is 13.7. The number of hydrogen-bond donors (Lipinski definition) is 1. The van der Waals surface area contributed by atoms with Gasteiger partial charge in [0, 0.05) is 29.2 Å². The van der Waals surface area contributed by atoms with Crippen LogP contribution in [0.4, 0.5) is 0 Å². The van der Waals surface area contributed by atoms with Gasteiger partial charge in [-0.3, -0.25) is 4.79 Å². The number of carbonyl (C=O) groups excluding carboxylic acids is 1. The van der Waals surface area contributed by atoms with E-state index in [1.165, 1.54) is 4.88 Å². The number of nitrogens with one attached hydrogen (secondary N) is 1. The topological polar surface area (TPSA) is 51.2 Å². The molecule has 3 rings (SSSR count). The van der Waals surface area contributed by atoms with E-state index < -0.39 is 0 Å². The van der Waals surface area contributed by atoms with Crippen molar-refractivity contribution in [2.75, 3.05) is 13.2 Å². The number of nitrogens with zero attached hydrogens (tertiary/aromatic N) is 1. The van der Waals surface area contributed by atoms with Crippen molar-refractivity contribution in [3.63, 3.8) is 0 Å². The Hall–Kier alpha value is -1.72. The van der Waals surface area contributed by atoms with Gasteiger partial charge in [-0.15, -0.1) is 11.3 Å². The van der Waals surface area contributed by atoms with Crippen molar-refractivity contribution in [2.24, 2.45) is 0 Å². The average Bonchev–Trinajstić information content (AvgIpc) is 3.16. The highest BCUT2D eigenvalue weighted by Gasteiger charge is 2.17. The molecule has 2 heterocycles. The molecule has 4 nitrogen and oxygen atoms in total. The lowest BCUT2D eigenvalue weighted by Gasteiger charge is -2.11. The summed E-state index contributed by atoms with van der Waals surface area (Å²) in [7, 11) is 0. The van der Waals surface area contributed by atoms with E-state index in [1.54, 1.807) is 11.3 Å². The van der Waals surface area contributed by atoms with E-state index >= 15 is 0 Å². The first kappa shape index (κ1) is 15.2. The molecule has 2 aromatic rings. The lowest BCUT2D eigenvalue weighted by Crippen LogP contribution is -2.31. The van der Waals surface area contributed by atoms with Gasteiger partial charge in [-0.25, -0.2) is 4.98 Å². The summed E-state index contributed by atoms with van der Waals surface area (Å²) in [5.74, 6) is -0.0534. The molecule has 0 aliphatic carbocycles. The molecule has 1 atom stereocenters. The summed E-state index contributed by atoms with van der Waals surface area (Å²) in [6, 6.07) is 7.64. The average molecular weight is 316 g/mol. The first-order chi connectivity index (χ1) is 10.6. The highest BCUT2D eigenvalue weighted by molar-refractivity contribution is 7.15. The SMILES string of the molecule is Cc1nc(-c2cccc(C(=O)NCC3CCCO3)c2)sc1C. The number of carbonyl (C=O) groups is 1. The van der Waals surface area contributed by atoms with Gasteiger partial charge >= 0.3 is 0 Å². The summed E-state index contributed by atoms with van der Waals surface area (Å²) in [6.07, 6.45) is 2.27. The third-order valence-electron chi connectivity index (χ3n) is 3.91. The molecule has 1 aromatic carbocycles. The predicted molar refractivity (Wildman–Crippen MR) is 88.3 cm³/mol. The molecule has 1 unspecified atom stereocenters. The molecule has 0 saturated carbocycles. The van der Waals surface area contributed by atoms with Crippen LogP contribution in [0, 0.1) is 13.8 Å². The van der Waals surface area contributed by atoms with E-state index in [0.29, 0.717) is 12.1 Å². The minimum absolute atomic E-state index is 0.0534. The Morgan fingerprint density at radius 3 is 3.00 bits per heavy atom. The van der Waals surface area contributed by atoms with Crippen molar-refractivity contribution in [1.29, 1.82) is 0 Å². The molecule has 0 bridgehead atoms. The zero-order valence-electron chi connectivity index (χ0n) is 12.9. The summed E-state index contributed by atoms with van der Waals surface area (Å²) >= 11 is 1.66. The van der Waals surface area contributed by atoms with Gasteiger partial charge in [0.15, 0.2) is 0 Å². The summed E-state index contributed by atoms with van der Waals surface area (Å²) in [4.78, 5) is 18.0. The molecule has 0 spiro atoms. The first-order valence-corrected chi connectivity index (χ1v) is 8.39. The molecule has 1 fully saturated rings. The first-order valence-electron chi connectivity index (χ1n) is 7.58. The number of rotatable bonds is 4. The fraction of sp³-hybridized carbons (Fsp3) is 0.412. The summed E-state index contributed by atoms with van der Waals surface area (Å²) < 4.78 is 5.53. The monoisotopic (exact) mass is 316 g/mol. The Bertz CT molecular complexity index is 656. The number of thiazole rings is 1. The fourth-order valence-electron chi connectivity index (χ4n) is 2.50. The molecule has 1 aromatic heterocycles. The van der Waals surface area contributed by atoms with Gasteiger partial charge in [-0.1, -0.05) is 12.1 Å². The highest BCUT2D eigenvalue weighted by atomic mass is 32.1. The van der Waals surface area contributed by atoms with Gasteiger partial charge in [0.2, 0.25) is 0 Å². The van der Waals surface area contributed by atoms with Crippen LogP contribution in [0.2, 0.25) is 0 Å². The maximum absolute atomic E-state index is 12.3. The highest BCUT2D eigenvalue weighted by Crippen LogP contribution is 2.27. The summed E-state index contributed by atoms with van der Waals surface area (Å²) in [6.45, 7) is 5.46. The van der Waals surface area contributed by atoms with Gasteiger partial charge in [0.05, 0.1) is 11.8 Å². The van der Waals surface area contributed by atoms with E-state index in [1.807, 2.05) is 31.2 Å². The molecule has 22 heavy (non-hydrogen) atoms. The third-order valence-corrected chi connectivity index (χ3v) is 5.04. The normalized spacial score (nSPS) is 17.6. The van der Waals surface area contributed by atoms with Crippen LogP contribution < -0.4 is 5.32 Å². The van der Waals surface area contributed by atoms with Crippen molar-refractivity contribution in [1.82, 2.24) is 10.3 Å². The van der Waals surface area contributed by atoms with E-state index in [-0.39, 0.29) is 12.0 Å². The number of aryl methyl sites for hydroxylation is 2. The Morgan fingerprint density at radius 2 is 2.32 bits per heavy atom. The molecule has 0 radical (unpaired) electrons. The van der Waals surface area contributed by atoms with Gasteiger partial charge in [-0.05, 0) is 38.8 Å². The Kier molecular flexibility index (Phi) is 4.55. The van der Waals surface area contributed by atoms with Crippen LogP contribution >= 0.6 is 11.3 Å². The molecule has 1 amide bonds. The van der Waals surface area contributed by atoms with E-state index in [2.05, 4.69) is 17.2 Å². The fourth-order valence-corrected chi connectivity index (χ4v) is 3.41. The Balaban J connectivity index is 1.71. The summed E-state index contributed by atoms with van der Waals surface area (Å²) in [5.41, 5.74) is 2.71. The van der Waals surface area contributed by atoms with Crippen molar-refractivity contribution in [3.8, 4) is 10.6 Å². The Morgan fingerprint density at radius 1 is 1.45 bits per heavy atom. The molecule has 5 heteroatoms. The second kappa shape index (κ2) is 6.58. The number of ether oxygens (including phenoxy) is 1. The van der Waals surface area contributed by atoms with E-state index in [9.17, 15) is 4.79 Å². The van der Waals surface area contributed by atoms with Gasteiger partial charge in [0.1, 0.15) is 5.01 Å². The van der Waals surface area contributed by atoms with Crippen LogP contribution in [0.25, 0.3) is 10.6 Å². The lowest BCUT2D eigenvalue weighted by molar-refractivity contribution is 0.0858. The molecule has 1 N–H and O–H groups in total. The van der Waals surface area contributed by atoms with E-state index in [0.717, 1.165) is 35.7 Å². The number of aromatic nitrogens is 1. The number of benzene rings is 1. The second-order valence-corrected chi connectivity index (χ2v) is 6.79. The Labute approximate surface area is 134 Å². The minimum Gasteiger partial charge on any atom is -0.376 e. The quantitative estimate of drug-likeness (QED) is 0.941. The maximum atomic E-state index is 12.3. The van der Waals surface area contributed by atoms with Crippen LogP contribution in [0.5, 0.6) is 0 Å². The second-order valence-electron chi connectivity index (χ2n) is 5.59.